The highest BCUT2D eigenvalue weighted by molar-refractivity contribution is 7.22. The van der Waals surface area contributed by atoms with Gasteiger partial charge in [0.2, 0.25) is 5.91 Å². The van der Waals surface area contributed by atoms with E-state index < -0.39 is 0 Å². The van der Waals surface area contributed by atoms with Crippen LogP contribution in [0.5, 0.6) is 0 Å². The molecule has 0 aliphatic rings. The highest BCUT2D eigenvalue weighted by Crippen LogP contribution is 2.28. The zero-order chi connectivity index (χ0) is 15.0. The zero-order valence-electron chi connectivity index (χ0n) is 11.4. The topological polar surface area (TPSA) is 54.9 Å². The van der Waals surface area contributed by atoms with E-state index in [2.05, 4.69) is 15.3 Å². The Hall–Kier alpha value is -1.50. The van der Waals surface area contributed by atoms with Gasteiger partial charge < -0.3 is 5.32 Å². The standard InChI is InChI=1S/C14H12ClN3OS2/c1-7-11(20-8(2)16-7)6-13(19)18-14-17-10-4-3-9(15)5-12(10)21-14/h3-5H,6H2,1-2H3,(H,17,18,19). The van der Waals surface area contributed by atoms with E-state index in [-0.39, 0.29) is 5.91 Å². The molecule has 0 spiro atoms. The van der Waals surface area contributed by atoms with Gasteiger partial charge in [-0.1, -0.05) is 22.9 Å². The molecule has 0 aliphatic heterocycles. The van der Waals surface area contributed by atoms with Crippen molar-refractivity contribution >= 4 is 55.5 Å². The minimum Gasteiger partial charge on any atom is -0.302 e. The molecular formula is C14H12ClN3OS2. The molecule has 0 radical (unpaired) electrons. The van der Waals surface area contributed by atoms with Crippen LogP contribution in [0.2, 0.25) is 5.02 Å². The minimum atomic E-state index is -0.0769. The van der Waals surface area contributed by atoms with E-state index in [1.54, 1.807) is 17.4 Å². The van der Waals surface area contributed by atoms with E-state index in [1.165, 1.54) is 11.3 Å². The molecule has 21 heavy (non-hydrogen) atoms. The summed E-state index contributed by atoms with van der Waals surface area (Å²) in [4.78, 5) is 21.8. The molecule has 3 rings (SSSR count). The first-order valence-electron chi connectivity index (χ1n) is 6.30. The fourth-order valence-electron chi connectivity index (χ4n) is 2.00. The van der Waals surface area contributed by atoms with Crippen LogP contribution in [0.3, 0.4) is 0 Å². The SMILES string of the molecule is Cc1nc(C)c(CC(=O)Nc2nc3ccc(Cl)cc3s2)s1. The van der Waals surface area contributed by atoms with E-state index in [1.807, 2.05) is 26.0 Å². The van der Waals surface area contributed by atoms with Crippen molar-refractivity contribution in [2.45, 2.75) is 20.3 Å². The first kappa shape index (κ1) is 14.4. The summed E-state index contributed by atoms with van der Waals surface area (Å²) in [5.74, 6) is -0.0769. The third-order valence-corrected chi connectivity index (χ3v) is 5.16. The first-order valence-corrected chi connectivity index (χ1v) is 8.31. The first-order chi connectivity index (χ1) is 10.0. The fraction of sp³-hybridized carbons (Fsp3) is 0.214. The summed E-state index contributed by atoms with van der Waals surface area (Å²) in [6, 6.07) is 5.49. The molecular weight excluding hydrogens is 326 g/mol. The number of amides is 1. The van der Waals surface area contributed by atoms with Crippen molar-refractivity contribution in [3.05, 3.63) is 38.8 Å². The summed E-state index contributed by atoms with van der Waals surface area (Å²) in [5.41, 5.74) is 1.76. The summed E-state index contributed by atoms with van der Waals surface area (Å²) >= 11 is 8.92. The van der Waals surface area contributed by atoms with E-state index in [9.17, 15) is 4.79 Å². The number of hydrogen-bond donors (Lipinski definition) is 1. The molecule has 3 aromatic rings. The summed E-state index contributed by atoms with van der Waals surface area (Å²) in [7, 11) is 0. The van der Waals surface area contributed by atoms with Gasteiger partial charge in [-0.2, -0.15) is 0 Å². The number of thiazole rings is 2. The highest BCUT2D eigenvalue weighted by Gasteiger charge is 2.12. The van der Waals surface area contributed by atoms with Crippen LogP contribution in [0.1, 0.15) is 15.6 Å². The number of carbonyl (C=O) groups is 1. The maximum absolute atomic E-state index is 12.1. The molecule has 108 valence electrons. The number of nitrogens with zero attached hydrogens (tertiary/aromatic N) is 2. The lowest BCUT2D eigenvalue weighted by atomic mass is 10.3. The van der Waals surface area contributed by atoms with E-state index in [0.717, 1.165) is 25.8 Å². The Balaban J connectivity index is 1.75. The number of aromatic nitrogens is 2. The van der Waals surface area contributed by atoms with Crippen molar-refractivity contribution in [3.8, 4) is 0 Å². The van der Waals surface area contributed by atoms with Crippen molar-refractivity contribution in [1.82, 2.24) is 9.97 Å². The molecule has 0 atom stereocenters. The van der Waals surface area contributed by atoms with Gasteiger partial charge >= 0.3 is 0 Å². The van der Waals surface area contributed by atoms with Crippen LogP contribution < -0.4 is 5.32 Å². The zero-order valence-corrected chi connectivity index (χ0v) is 13.8. The van der Waals surface area contributed by atoms with Crippen molar-refractivity contribution in [3.63, 3.8) is 0 Å². The number of rotatable bonds is 3. The van der Waals surface area contributed by atoms with E-state index >= 15 is 0 Å². The molecule has 7 heteroatoms. The van der Waals surface area contributed by atoms with Gasteiger partial charge in [0.15, 0.2) is 5.13 Å². The maximum Gasteiger partial charge on any atom is 0.231 e. The number of anilines is 1. The Labute approximate surface area is 134 Å². The average molecular weight is 338 g/mol. The molecule has 2 heterocycles. The molecule has 0 saturated heterocycles. The molecule has 0 unspecified atom stereocenters. The Morgan fingerprint density at radius 1 is 1.29 bits per heavy atom. The van der Waals surface area contributed by atoms with Crippen LogP contribution in [0.15, 0.2) is 18.2 Å². The van der Waals surface area contributed by atoms with Crippen molar-refractivity contribution in [1.29, 1.82) is 0 Å². The Morgan fingerprint density at radius 3 is 2.81 bits per heavy atom. The van der Waals surface area contributed by atoms with Gasteiger partial charge in [0.05, 0.1) is 27.3 Å². The summed E-state index contributed by atoms with van der Waals surface area (Å²) in [6.07, 6.45) is 0.327. The lowest BCUT2D eigenvalue weighted by Gasteiger charge is -1.99. The monoisotopic (exact) mass is 337 g/mol. The molecule has 2 aromatic heterocycles. The predicted molar refractivity (Wildman–Crippen MR) is 88.6 cm³/mol. The number of fused-ring (bicyclic) bond motifs is 1. The largest absolute Gasteiger partial charge is 0.302 e. The van der Waals surface area contributed by atoms with Gasteiger partial charge in [-0.3, -0.25) is 4.79 Å². The second-order valence-electron chi connectivity index (χ2n) is 4.60. The predicted octanol–water partition coefficient (Wildman–Crippen LogP) is 4.20. The third kappa shape index (κ3) is 3.23. The maximum atomic E-state index is 12.1. The Kier molecular flexibility index (Phi) is 3.93. The van der Waals surface area contributed by atoms with E-state index in [4.69, 9.17) is 11.6 Å². The van der Waals surface area contributed by atoms with Gasteiger partial charge in [0.25, 0.3) is 0 Å². The van der Waals surface area contributed by atoms with Crippen LogP contribution >= 0.6 is 34.3 Å². The molecule has 0 bridgehead atoms. The molecule has 0 saturated carbocycles. The van der Waals surface area contributed by atoms with Crippen LogP contribution in [0, 0.1) is 13.8 Å². The van der Waals surface area contributed by atoms with Gasteiger partial charge in [-0.05, 0) is 32.0 Å². The lowest BCUT2D eigenvalue weighted by Crippen LogP contribution is -2.13. The van der Waals surface area contributed by atoms with E-state index in [0.29, 0.717) is 16.6 Å². The molecule has 4 nitrogen and oxygen atoms in total. The van der Waals surface area contributed by atoms with Gasteiger partial charge in [0, 0.05) is 9.90 Å². The Morgan fingerprint density at radius 2 is 2.10 bits per heavy atom. The number of hydrogen-bond acceptors (Lipinski definition) is 5. The number of benzene rings is 1. The molecule has 1 amide bonds. The van der Waals surface area contributed by atoms with Gasteiger partial charge in [-0.25, -0.2) is 9.97 Å². The number of aryl methyl sites for hydroxylation is 2. The fourth-order valence-corrected chi connectivity index (χ4v) is 4.09. The van der Waals surface area contributed by atoms with Crippen molar-refractivity contribution in [2.24, 2.45) is 0 Å². The molecule has 0 aliphatic carbocycles. The number of halogens is 1. The van der Waals surface area contributed by atoms with Gasteiger partial charge in [-0.15, -0.1) is 11.3 Å². The van der Waals surface area contributed by atoms with Crippen molar-refractivity contribution in [2.75, 3.05) is 5.32 Å². The van der Waals surface area contributed by atoms with Crippen LogP contribution in [0.25, 0.3) is 10.2 Å². The molecule has 1 N–H and O–H groups in total. The second kappa shape index (κ2) is 5.71. The van der Waals surface area contributed by atoms with Crippen LogP contribution in [-0.4, -0.2) is 15.9 Å². The summed E-state index contributed by atoms with van der Waals surface area (Å²) < 4.78 is 0.961. The molecule has 1 aromatic carbocycles. The lowest BCUT2D eigenvalue weighted by molar-refractivity contribution is -0.115. The van der Waals surface area contributed by atoms with Crippen molar-refractivity contribution < 1.29 is 4.79 Å². The number of nitrogens with one attached hydrogen (secondary N) is 1. The normalized spacial score (nSPS) is 11.0. The van der Waals surface area contributed by atoms with Crippen LogP contribution in [0.4, 0.5) is 5.13 Å². The van der Waals surface area contributed by atoms with Crippen LogP contribution in [-0.2, 0) is 11.2 Å². The smallest absolute Gasteiger partial charge is 0.231 e. The minimum absolute atomic E-state index is 0.0769. The Bertz CT molecular complexity index is 825. The highest BCUT2D eigenvalue weighted by atomic mass is 35.5. The van der Waals surface area contributed by atoms with Gasteiger partial charge in [0.1, 0.15) is 0 Å². The quantitative estimate of drug-likeness (QED) is 0.779. The second-order valence-corrected chi connectivity index (χ2v) is 7.35. The third-order valence-electron chi connectivity index (χ3n) is 2.92. The summed E-state index contributed by atoms with van der Waals surface area (Å²) in [5, 5.41) is 5.08. The molecule has 0 fully saturated rings. The number of carbonyl (C=O) groups excluding carboxylic acids is 1. The average Bonchev–Trinajstić information content (AvgIpc) is 2.91. The summed E-state index contributed by atoms with van der Waals surface area (Å²) in [6.45, 7) is 3.86.